The Balaban J connectivity index is 0.000000118. The van der Waals surface area contributed by atoms with Crippen molar-refractivity contribution in [2.45, 2.75) is 26.2 Å². The van der Waals surface area contributed by atoms with Crippen molar-refractivity contribution in [2.24, 2.45) is 7.05 Å². The minimum absolute atomic E-state index is 0.0327. The van der Waals surface area contributed by atoms with Crippen LogP contribution in [0.15, 0.2) is 346 Å². The van der Waals surface area contributed by atoms with Gasteiger partial charge in [0.05, 0.1) is 36.7 Å². The molecule has 0 radical (unpaired) electrons. The molecule has 0 atom stereocenters. The van der Waals surface area contributed by atoms with Crippen LogP contribution in [0.1, 0.15) is 33.7 Å². The third-order valence-electron chi connectivity index (χ3n) is 22.4. The summed E-state index contributed by atoms with van der Waals surface area (Å²) in [5.74, 6) is 5.40. The number of nitrogens with zero attached hydrogens (tertiary/aromatic N) is 17. The summed E-state index contributed by atoms with van der Waals surface area (Å²) in [5, 5.41) is 187. The molecular weight excluding hydrogens is 1920 g/mol. The smallest absolute Gasteiger partial charge is 0.488 e. The maximum atomic E-state index is 14.0. The zero-order valence-corrected chi connectivity index (χ0v) is 78.7. The first kappa shape index (κ1) is 102. The minimum Gasteiger partial charge on any atom is -0.492 e. The van der Waals surface area contributed by atoms with Crippen LogP contribution in [0.25, 0.3) is 155 Å². The Hall–Kier alpha value is -17.2. The predicted molar refractivity (Wildman–Crippen MR) is 548 cm³/mol. The lowest BCUT2D eigenvalue weighted by Crippen LogP contribution is -2.30. The van der Waals surface area contributed by atoms with Gasteiger partial charge in [0, 0.05) is 69.7 Å². The van der Waals surface area contributed by atoms with E-state index < -0.39 is 55.6 Å². The SMILES string of the molecule is Cc1cccc(-c2nnc(-c3ccc(B(O)O)cc3)o2)c1.Cn1cncc1-c1nnc(-c2ccc(B(O)O)cc2)o1.OB(O)c1ccc(-c2nnc(-c3cccc4c3C=CC4)o2)cc1.OB(O)c1ccc(-c2nnc(-c3cccc4c3OCC4)o2)cc1.OB(O)c1ccc(-c2nnc(-c3ccccc3)o2)c(F)c1.OB(O)c1ccc(-c2nnc(-c3ccccn3)o2)cc1.OB(O)c1ccc(-c2nnc(Cc3ccsc3)o2)cc1. The van der Waals surface area contributed by atoms with E-state index >= 15 is 0 Å². The first-order valence-corrected chi connectivity index (χ1v) is 46.1. The highest BCUT2D eigenvalue weighted by Gasteiger charge is 2.27. The molecule has 23 rings (SSSR count). The zero-order valence-electron chi connectivity index (χ0n) is 77.9. The Morgan fingerprint density at radius 2 is 0.730 bits per heavy atom. The first-order valence-electron chi connectivity index (χ1n) is 45.2. The number of imidazole rings is 1. The largest absolute Gasteiger partial charge is 0.492 e. The van der Waals surface area contributed by atoms with Crippen molar-refractivity contribution in [3.05, 3.63) is 354 Å². The highest BCUT2D eigenvalue weighted by atomic mass is 32.1. The Morgan fingerprint density at radius 1 is 0.345 bits per heavy atom. The topological polar surface area (TPSA) is 596 Å². The third-order valence-corrected chi connectivity index (χ3v) is 23.1. The number of benzene rings is 11. The van der Waals surface area contributed by atoms with E-state index in [-0.39, 0.29) is 22.8 Å². The van der Waals surface area contributed by atoms with Gasteiger partial charge >= 0.3 is 49.8 Å². The van der Waals surface area contributed by atoms with E-state index in [0.29, 0.717) is 139 Å². The Labute approximate surface area is 845 Å². The summed E-state index contributed by atoms with van der Waals surface area (Å²) in [4.78, 5) is 8.12. The van der Waals surface area contributed by atoms with Crippen molar-refractivity contribution in [1.29, 1.82) is 0 Å². The van der Waals surface area contributed by atoms with Gasteiger partial charge in [-0.05, 0) is 224 Å². The van der Waals surface area contributed by atoms with Gasteiger partial charge in [0.25, 0.3) is 23.6 Å². The van der Waals surface area contributed by atoms with Crippen molar-refractivity contribution in [3.8, 4) is 155 Å². The quantitative estimate of drug-likeness (QED) is 0.0316. The summed E-state index contributed by atoms with van der Waals surface area (Å²) in [6, 6.07) is 79.8. The lowest BCUT2D eigenvalue weighted by molar-refractivity contribution is 0.357. The number of para-hydroxylation sites is 1. The fourth-order valence-electron chi connectivity index (χ4n) is 14.6. The van der Waals surface area contributed by atoms with Crippen LogP contribution in [0.5, 0.6) is 5.75 Å². The second-order valence-electron chi connectivity index (χ2n) is 32.6. The maximum Gasteiger partial charge on any atom is 0.488 e. The van der Waals surface area contributed by atoms with Crippen molar-refractivity contribution in [3.63, 3.8) is 0 Å². The van der Waals surface area contributed by atoms with E-state index in [0.717, 1.165) is 91.5 Å². The summed E-state index contributed by atoms with van der Waals surface area (Å²) < 4.78 is 60.8. The number of thiophene rings is 1. The van der Waals surface area contributed by atoms with Crippen LogP contribution in [0.4, 0.5) is 4.39 Å². The molecule has 0 fully saturated rings. The minimum atomic E-state index is -1.73. The molecule has 2 aliphatic rings. The number of aromatic nitrogens is 17. The number of halogens is 1. The van der Waals surface area contributed by atoms with E-state index in [1.165, 1.54) is 17.7 Å². The lowest BCUT2D eigenvalue weighted by Gasteiger charge is -2.03. The molecule has 1 aliphatic heterocycles. The molecule has 14 N–H and O–H groups in total. The summed E-state index contributed by atoms with van der Waals surface area (Å²) in [5.41, 5.74) is 17.4. The Kier molecular flexibility index (Phi) is 33.2. The zero-order chi connectivity index (χ0) is 103. The summed E-state index contributed by atoms with van der Waals surface area (Å²) >= 11 is 1.63. The monoisotopic (exact) mass is 2000 g/mol. The normalized spacial score (nSPS) is 11.2. The van der Waals surface area contributed by atoms with Crippen LogP contribution < -0.4 is 43.0 Å². The highest BCUT2D eigenvalue weighted by molar-refractivity contribution is 7.08. The molecular formula is C100H81B7FN17O22S. The summed E-state index contributed by atoms with van der Waals surface area (Å²) in [6.45, 7) is 2.66. The number of ether oxygens (including phenoxy) is 1. The number of rotatable bonds is 22. The van der Waals surface area contributed by atoms with Crippen LogP contribution >= 0.6 is 11.3 Å². The molecule has 10 aromatic heterocycles. The number of aryl methyl sites for hydroxylation is 2. The van der Waals surface area contributed by atoms with Crippen molar-refractivity contribution < 1.29 is 110 Å². The molecule has 732 valence electrons. The average Bonchev–Trinajstić information content (AvgIpc) is 1.65. The van der Waals surface area contributed by atoms with Crippen LogP contribution in [0.3, 0.4) is 0 Å². The summed E-state index contributed by atoms with van der Waals surface area (Å²) in [6.07, 6.45) is 11.6. The van der Waals surface area contributed by atoms with E-state index in [1.807, 2.05) is 110 Å². The fraction of sp³-hybridized carbons (Fsp3) is 0.0600. The number of fused-ring (bicyclic) bond motifs is 2. The van der Waals surface area contributed by atoms with E-state index in [1.54, 1.807) is 204 Å². The lowest BCUT2D eigenvalue weighted by atomic mass is 9.80. The molecule has 0 saturated carbocycles. The van der Waals surface area contributed by atoms with Gasteiger partial charge in [0.15, 0.2) is 0 Å². The molecule has 48 heteroatoms. The number of hydrogen-bond donors (Lipinski definition) is 14. The molecule has 21 aromatic rings. The fourth-order valence-corrected chi connectivity index (χ4v) is 15.3. The number of pyridine rings is 1. The number of allylic oxidation sites excluding steroid dienone is 1. The second-order valence-corrected chi connectivity index (χ2v) is 33.4. The standard InChI is InChI=1S/C17H13BN2O3.C16H13BN2O4.C15H13BN2O3.C14H10BFN2O3.C13H10BN3O3.C13H11BN2O3S.C12H11BN4O3/c21-18(22)13-9-7-12(8-10-13)16-19-20-17(23-16)15-6-2-4-11-3-1-5-14(11)15;20-17(21)12-6-4-11(5-7-12)15-18-19-16(23-15)13-3-1-2-10-8-9-22-14(10)13;1-10-3-2-4-12(9-10)15-18-17-14(21-15)11-5-7-13(8-6-11)16(19)20;16-12-8-10(15(19)20)6-7-11(12)14-18-17-13(21-14)9-4-2-1-3-5-9;18-14(19)10-6-4-9(5-7-10)12-16-17-13(20-12)11-3-1-2-8-15-11;17-14(18)11-3-1-10(2-4-11)13-16-15-12(19-13)7-9-5-6-20-8-9;1-17-7-14-6-10(17)12-16-15-11(20-12)8-2-4-9(5-3-8)13(18)19/h1-2,4-10,21-22H,3H2;1-7,20-21H,8-9H2;2-9,19-20H,1H3;1-8,19-20H;1-8,18-19H;1-6,8,17-18H,7H2;2-7,18-19H,1H3. The molecule has 11 aromatic carbocycles. The van der Waals surface area contributed by atoms with Crippen LogP contribution in [0, 0.1) is 12.7 Å². The number of hydrogen-bond acceptors (Lipinski definition) is 39. The van der Waals surface area contributed by atoms with Gasteiger partial charge in [0.2, 0.25) is 58.9 Å². The third kappa shape index (κ3) is 25.8. The van der Waals surface area contributed by atoms with Crippen molar-refractivity contribution in [1.82, 2.24) is 85.9 Å². The molecule has 0 unspecified atom stereocenters. The second kappa shape index (κ2) is 48.0. The molecule has 0 bridgehead atoms. The Bertz CT molecular complexity index is 7950. The van der Waals surface area contributed by atoms with E-state index in [4.69, 9.17) is 106 Å². The average molecular weight is 2000 g/mol. The molecule has 39 nitrogen and oxygen atoms in total. The van der Waals surface area contributed by atoms with Crippen LogP contribution in [-0.4, -0.2) is 213 Å². The van der Waals surface area contributed by atoms with Gasteiger partial charge in [-0.2, -0.15) is 11.3 Å². The first-order chi connectivity index (χ1) is 71.8. The van der Waals surface area contributed by atoms with Crippen molar-refractivity contribution >= 4 is 105 Å². The molecule has 11 heterocycles. The van der Waals surface area contributed by atoms with Crippen LogP contribution in [0.2, 0.25) is 0 Å². The van der Waals surface area contributed by atoms with E-state index in [9.17, 15) is 4.39 Å². The van der Waals surface area contributed by atoms with Gasteiger partial charge in [-0.1, -0.05) is 157 Å². The molecule has 0 amide bonds. The van der Waals surface area contributed by atoms with Crippen LogP contribution in [-0.2, 0) is 26.3 Å². The van der Waals surface area contributed by atoms with Gasteiger partial charge in [-0.3, -0.25) is 4.98 Å². The molecule has 1 aliphatic carbocycles. The summed E-state index contributed by atoms with van der Waals surface area (Å²) in [7, 11) is -8.80. The van der Waals surface area contributed by atoms with E-state index in [2.05, 4.69) is 99.6 Å². The highest BCUT2D eigenvalue weighted by Crippen LogP contribution is 2.39. The molecule has 0 spiro atoms. The predicted octanol–water partition coefficient (Wildman–Crippen LogP) is 6.65. The van der Waals surface area contributed by atoms with Gasteiger partial charge in [0.1, 0.15) is 23.0 Å². The van der Waals surface area contributed by atoms with Gasteiger partial charge in [-0.15, -0.1) is 71.4 Å². The van der Waals surface area contributed by atoms with Gasteiger partial charge < -0.3 is 111 Å². The molecule has 0 saturated heterocycles. The van der Waals surface area contributed by atoms with Gasteiger partial charge in [-0.25, -0.2) is 9.37 Å². The maximum absolute atomic E-state index is 14.0. The Morgan fingerprint density at radius 3 is 1.18 bits per heavy atom. The van der Waals surface area contributed by atoms with Crippen molar-refractivity contribution in [2.75, 3.05) is 6.61 Å². The molecule has 148 heavy (non-hydrogen) atoms.